The first-order valence-corrected chi connectivity index (χ1v) is 10.6. The van der Waals surface area contributed by atoms with Gasteiger partial charge >= 0.3 is 0 Å². The number of benzene rings is 2. The first kappa shape index (κ1) is 21.8. The third-order valence-electron chi connectivity index (χ3n) is 4.17. The third-order valence-corrected chi connectivity index (χ3v) is 5.59. The van der Waals surface area contributed by atoms with Gasteiger partial charge in [-0.05, 0) is 48.5 Å². The summed E-state index contributed by atoms with van der Waals surface area (Å²) in [4.78, 5) is 12.5. The Labute approximate surface area is 179 Å². The molecular weight excluding hydrogens is 418 g/mol. The van der Waals surface area contributed by atoms with Crippen molar-refractivity contribution in [1.82, 2.24) is 4.72 Å². The minimum atomic E-state index is -3.68. The molecule has 0 bridgehead atoms. The van der Waals surface area contributed by atoms with Gasteiger partial charge in [0, 0.05) is 11.8 Å². The van der Waals surface area contributed by atoms with Gasteiger partial charge in [0.1, 0.15) is 28.9 Å². The number of nitriles is 1. The van der Waals surface area contributed by atoms with Crippen LogP contribution in [0.1, 0.15) is 11.5 Å². The van der Waals surface area contributed by atoms with Gasteiger partial charge < -0.3 is 14.5 Å². The van der Waals surface area contributed by atoms with Crippen LogP contribution in [0.25, 0.3) is 6.08 Å². The maximum atomic E-state index is 12.4. The van der Waals surface area contributed by atoms with Gasteiger partial charge in [0.05, 0.1) is 18.6 Å². The van der Waals surface area contributed by atoms with Gasteiger partial charge in [0.2, 0.25) is 10.0 Å². The van der Waals surface area contributed by atoms with Crippen LogP contribution < -0.4 is 14.8 Å². The first-order chi connectivity index (χ1) is 14.9. The summed E-state index contributed by atoms with van der Waals surface area (Å²) in [5, 5.41) is 11.9. The lowest BCUT2D eigenvalue weighted by Crippen LogP contribution is -2.22. The van der Waals surface area contributed by atoms with Gasteiger partial charge in [0.15, 0.2) is 0 Å². The van der Waals surface area contributed by atoms with Crippen LogP contribution in [0.15, 0.2) is 81.6 Å². The number of amides is 1. The van der Waals surface area contributed by atoms with Crippen LogP contribution in [0.3, 0.4) is 0 Å². The monoisotopic (exact) mass is 437 g/mol. The highest BCUT2D eigenvalue weighted by Gasteiger charge is 2.15. The Hall–Kier alpha value is -3.87. The Kier molecular flexibility index (Phi) is 6.87. The van der Waals surface area contributed by atoms with Crippen molar-refractivity contribution in [3.05, 3.63) is 83.8 Å². The van der Waals surface area contributed by atoms with E-state index in [9.17, 15) is 18.5 Å². The SMILES string of the molecule is COc1ccc(NC(=O)/C(C#N)=C\c2ccc(CNS(=O)(=O)c3ccccc3)o2)cc1. The Balaban J connectivity index is 1.65. The number of carbonyl (C=O) groups excluding carboxylic acids is 1. The normalized spacial score (nSPS) is 11.5. The molecule has 1 aromatic heterocycles. The van der Waals surface area contributed by atoms with Crippen molar-refractivity contribution in [2.45, 2.75) is 11.4 Å². The summed E-state index contributed by atoms with van der Waals surface area (Å²) in [6.07, 6.45) is 1.29. The van der Waals surface area contributed by atoms with E-state index < -0.39 is 15.9 Å². The Morgan fingerprint density at radius 3 is 2.45 bits per heavy atom. The number of anilines is 1. The summed E-state index contributed by atoms with van der Waals surface area (Å²) in [6.45, 7) is -0.0784. The minimum absolute atomic E-state index is 0.0784. The summed E-state index contributed by atoms with van der Waals surface area (Å²) in [5.74, 6) is 0.615. The Morgan fingerprint density at radius 2 is 1.81 bits per heavy atom. The van der Waals surface area contributed by atoms with E-state index >= 15 is 0 Å². The fourth-order valence-corrected chi connectivity index (χ4v) is 3.59. The van der Waals surface area contributed by atoms with Crippen molar-refractivity contribution < 1.29 is 22.4 Å². The van der Waals surface area contributed by atoms with E-state index in [4.69, 9.17) is 9.15 Å². The molecule has 1 amide bonds. The van der Waals surface area contributed by atoms with Gasteiger partial charge in [0.25, 0.3) is 5.91 Å². The van der Waals surface area contributed by atoms with Crippen molar-refractivity contribution in [3.8, 4) is 11.8 Å². The van der Waals surface area contributed by atoms with E-state index in [-0.39, 0.29) is 22.8 Å². The summed E-state index contributed by atoms with van der Waals surface area (Å²) in [5.41, 5.74) is 0.337. The molecule has 0 aliphatic rings. The lowest BCUT2D eigenvalue weighted by Gasteiger charge is -2.05. The number of carbonyl (C=O) groups is 1. The summed E-state index contributed by atoms with van der Waals surface area (Å²) in [6, 6.07) is 19.6. The molecule has 0 fully saturated rings. The fraction of sp³-hybridized carbons (Fsp3) is 0.0909. The van der Waals surface area contributed by atoms with Crippen LogP contribution >= 0.6 is 0 Å². The molecule has 0 aliphatic carbocycles. The molecule has 3 rings (SSSR count). The van der Waals surface area contributed by atoms with Crippen LogP contribution in [-0.2, 0) is 21.4 Å². The third kappa shape index (κ3) is 5.82. The molecule has 2 N–H and O–H groups in total. The number of hydrogen-bond donors (Lipinski definition) is 2. The largest absolute Gasteiger partial charge is 0.497 e. The summed E-state index contributed by atoms with van der Waals surface area (Å²) in [7, 11) is -2.14. The number of methoxy groups -OCH3 is 1. The number of sulfonamides is 1. The molecule has 0 saturated heterocycles. The molecule has 2 aromatic carbocycles. The van der Waals surface area contributed by atoms with Crippen molar-refractivity contribution in [1.29, 1.82) is 5.26 Å². The zero-order valence-corrected chi connectivity index (χ0v) is 17.3. The predicted octanol–water partition coefficient (Wildman–Crippen LogP) is 3.31. The highest BCUT2D eigenvalue weighted by molar-refractivity contribution is 7.89. The molecule has 0 unspecified atom stereocenters. The maximum Gasteiger partial charge on any atom is 0.266 e. The Morgan fingerprint density at radius 1 is 1.10 bits per heavy atom. The maximum absolute atomic E-state index is 12.4. The molecule has 1 heterocycles. The standard InChI is InChI=1S/C22H19N3O5S/c1-29-18-9-7-17(8-10-18)25-22(26)16(14-23)13-19-11-12-20(30-19)15-24-31(27,28)21-5-3-2-4-6-21/h2-13,24H,15H2,1H3,(H,25,26)/b16-13-. The van der Waals surface area contributed by atoms with Crippen molar-refractivity contribution >= 4 is 27.7 Å². The average molecular weight is 437 g/mol. The molecule has 31 heavy (non-hydrogen) atoms. The van der Waals surface area contributed by atoms with E-state index in [0.29, 0.717) is 17.2 Å². The zero-order valence-electron chi connectivity index (χ0n) is 16.5. The molecule has 0 spiro atoms. The van der Waals surface area contributed by atoms with Crippen molar-refractivity contribution in [2.24, 2.45) is 0 Å². The highest BCUT2D eigenvalue weighted by Crippen LogP contribution is 2.17. The highest BCUT2D eigenvalue weighted by atomic mass is 32.2. The number of hydrogen-bond acceptors (Lipinski definition) is 6. The van der Waals surface area contributed by atoms with Crippen LogP contribution in [0.4, 0.5) is 5.69 Å². The lowest BCUT2D eigenvalue weighted by molar-refractivity contribution is -0.112. The van der Waals surface area contributed by atoms with Crippen LogP contribution in [0, 0.1) is 11.3 Å². The molecule has 158 valence electrons. The van der Waals surface area contributed by atoms with Gasteiger partial charge in [-0.3, -0.25) is 4.79 Å². The van der Waals surface area contributed by atoms with Crippen molar-refractivity contribution in [3.63, 3.8) is 0 Å². The fourth-order valence-electron chi connectivity index (χ4n) is 2.58. The topological polar surface area (TPSA) is 121 Å². The number of rotatable bonds is 8. The van der Waals surface area contributed by atoms with E-state index in [1.165, 1.54) is 25.3 Å². The quantitative estimate of drug-likeness (QED) is 0.412. The van der Waals surface area contributed by atoms with Crippen LogP contribution in [0.2, 0.25) is 0 Å². The van der Waals surface area contributed by atoms with Gasteiger partial charge in [-0.1, -0.05) is 18.2 Å². The number of furan rings is 1. The Bertz CT molecular complexity index is 1220. The van der Waals surface area contributed by atoms with Crippen LogP contribution in [0.5, 0.6) is 5.75 Å². The second-order valence-electron chi connectivity index (χ2n) is 6.29. The second-order valence-corrected chi connectivity index (χ2v) is 8.06. The number of nitrogens with one attached hydrogen (secondary N) is 2. The molecular formula is C22H19N3O5S. The predicted molar refractivity (Wildman–Crippen MR) is 114 cm³/mol. The smallest absolute Gasteiger partial charge is 0.266 e. The molecule has 0 radical (unpaired) electrons. The van der Waals surface area contributed by atoms with Gasteiger partial charge in [-0.15, -0.1) is 0 Å². The molecule has 0 saturated carbocycles. The van der Waals surface area contributed by atoms with Crippen molar-refractivity contribution in [2.75, 3.05) is 12.4 Å². The minimum Gasteiger partial charge on any atom is -0.497 e. The van der Waals surface area contributed by atoms with Gasteiger partial charge in [-0.25, -0.2) is 13.1 Å². The van der Waals surface area contributed by atoms with Crippen LogP contribution in [-0.4, -0.2) is 21.4 Å². The molecule has 0 atom stereocenters. The van der Waals surface area contributed by atoms with E-state index in [1.54, 1.807) is 54.6 Å². The second kappa shape index (κ2) is 9.75. The average Bonchev–Trinajstić information content (AvgIpc) is 3.25. The van der Waals surface area contributed by atoms with E-state index in [1.807, 2.05) is 6.07 Å². The first-order valence-electron chi connectivity index (χ1n) is 9.12. The number of nitrogens with zero attached hydrogens (tertiary/aromatic N) is 1. The lowest BCUT2D eigenvalue weighted by atomic mass is 10.2. The summed E-state index contributed by atoms with van der Waals surface area (Å²) < 4.78 is 37.6. The zero-order chi connectivity index (χ0) is 22.3. The summed E-state index contributed by atoms with van der Waals surface area (Å²) >= 11 is 0. The molecule has 3 aromatic rings. The molecule has 8 nitrogen and oxygen atoms in total. The molecule has 9 heteroatoms. The number of ether oxygens (including phenoxy) is 1. The van der Waals surface area contributed by atoms with E-state index in [2.05, 4.69) is 10.0 Å². The van der Waals surface area contributed by atoms with E-state index in [0.717, 1.165) is 0 Å². The van der Waals surface area contributed by atoms with Gasteiger partial charge in [-0.2, -0.15) is 5.26 Å². The molecule has 0 aliphatic heterocycles.